The molecule has 0 aliphatic heterocycles. The first-order valence-corrected chi connectivity index (χ1v) is 7.41. The third-order valence-corrected chi connectivity index (χ3v) is 4.69. The number of alkyl halides is 3. The first-order valence-electron chi connectivity index (χ1n) is 7.41. The van der Waals surface area contributed by atoms with E-state index in [0.717, 1.165) is 25.0 Å². The summed E-state index contributed by atoms with van der Waals surface area (Å²) in [5, 5.41) is 8.98. The molecule has 0 bridgehead atoms. The molecule has 122 valence electrons. The second-order valence-corrected chi connectivity index (χ2v) is 6.02. The highest BCUT2D eigenvalue weighted by Crippen LogP contribution is 2.47. The minimum Gasteiger partial charge on any atom is -0.299 e. The summed E-state index contributed by atoms with van der Waals surface area (Å²) in [5.41, 5.74) is -0.668. The molecule has 0 saturated heterocycles. The van der Waals surface area contributed by atoms with Crippen molar-refractivity contribution < 1.29 is 28.1 Å². The predicted octanol–water partition coefficient (Wildman–Crippen LogP) is 3.85. The second kappa shape index (κ2) is 5.99. The van der Waals surface area contributed by atoms with Crippen molar-refractivity contribution in [1.29, 1.82) is 0 Å². The number of rotatable bonds is 2. The summed E-state index contributed by atoms with van der Waals surface area (Å²) in [6.07, 6.45) is -3.45. The molecule has 2 saturated carbocycles. The first-order chi connectivity index (χ1) is 10.9. The number of carbonyl (C=O) groups is 1. The normalized spacial score (nSPS) is 27.7. The number of carbonyl (C=O) groups excluding carboxylic acids is 1. The Balaban J connectivity index is 1.77. The van der Waals surface area contributed by atoms with Crippen LogP contribution in [0.3, 0.4) is 0 Å². The lowest BCUT2D eigenvalue weighted by atomic mass is 9.72. The van der Waals surface area contributed by atoms with Crippen LogP contribution in [0.1, 0.15) is 36.5 Å². The number of ketones is 1. The van der Waals surface area contributed by atoms with Crippen LogP contribution < -0.4 is 0 Å². The van der Waals surface area contributed by atoms with Gasteiger partial charge in [0.05, 0.1) is 5.56 Å². The highest BCUT2D eigenvalue weighted by molar-refractivity contribution is 5.88. The summed E-state index contributed by atoms with van der Waals surface area (Å²) in [6.45, 7) is 0. The number of hydrogen-bond acceptors (Lipinski definition) is 3. The van der Waals surface area contributed by atoms with Crippen LogP contribution in [0.25, 0.3) is 0 Å². The monoisotopic (exact) mass is 324 g/mol. The average Bonchev–Trinajstić information content (AvgIpc) is 2.84. The van der Waals surface area contributed by atoms with Crippen molar-refractivity contribution in [3.63, 3.8) is 0 Å². The van der Waals surface area contributed by atoms with Gasteiger partial charge in [-0.25, -0.2) is 4.89 Å². The van der Waals surface area contributed by atoms with Crippen molar-refractivity contribution in [2.75, 3.05) is 0 Å². The standard InChI is InChI=1S/C17H15F3O3/c18-17(19,20)12-3-1-2-11(8-12)16(23-22)7-5-10-4-6-13-14(10)9-15(13)21/h1-3,8,10,13-14,16,22H,4,6,9H2. The minimum atomic E-state index is -4.46. The first kappa shape index (κ1) is 16.0. The molecule has 3 rings (SSSR count). The van der Waals surface area contributed by atoms with Gasteiger partial charge in [0, 0.05) is 18.3 Å². The van der Waals surface area contributed by atoms with Crippen molar-refractivity contribution in [1.82, 2.24) is 0 Å². The van der Waals surface area contributed by atoms with E-state index >= 15 is 0 Å². The molecule has 0 heterocycles. The molecule has 3 nitrogen and oxygen atoms in total. The lowest BCUT2D eigenvalue weighted by molar-refractivity contribution is -0.266. The van der Waals surface area contributed by atoms with E-state index in [1.54, 1.807) is 0 Å². The van der Waals surface area contributed by atoms with Crippen molar-refractivity contribution >= 4 is 5.78 Å². The Morgan fingerprint density at radius 1 is 1.30 bits per heavy atom. The number of halogens is 3. The SMILES string of the molecule is O=C1CC2C(C#CC(OO)c3cccc(C(F)(F)F)c3)CCC12. The quantitative estimate of drug-likeness (QED) is 0.510. The largest absolute Gasteiger partial charge is 0.416 e. The van der Waals surface area contributed by atoms with Gasteiger partial charge in [0.2, 0.25) is 0 Å². The van der Waals surface area contributed by atoms with E-state index in [1.807, 2.05) is 0 Å². The van der Waals surface area contributed by atoms with E-state index in [2.05, 4.69) is 16.7 Å². The van der Waals surface area contributed by atoms with Crippen molar-refractivity contribution in [2.24, 2.45) is 17.8 Å². The van der Waals surface area contributed by atoms with E-state index in [0.29, 0.717) is 6.42 Å². The van der Waals surface area contributed by atoms with Gasteiger partial charge in [0.15, 0.2) is 6.10 Å². The van der Waals surface area contributed by atoms with Gasteiger partial charge in [-0.2, -0.15) is 13.2 Å². The van der Waals surface area contributed by atoms with Gasteiger partial charge in [-0.3, -0.25) is 10.1 Å². The zero-order valence-corrected chi connectivity index (χ0v) is 12.1. The van der Waals surface area contributed by atoms with E-state index in [9.17, 15) is 18.0 Å². The van der Waals surface area contributed by atoms with Crippen LogP contribution in [0.5, 0.6) is 0 Å². The maximum atomic E-state index is 12.7. The van der Waals surface area contributed by atoms with E-state index in [1.165, 1.54) is 12.1 Å². The molecule has 2 fully saturated rings. The zero-order valence-electron chi connectivity index (χ0n) is 12.1. The van der Waals surface area contributed by atoms with Crippen molar-refractivity contribution in [2.45, 2.75) is 31.5 Å². The highest BCUT2D eigenvalue weighted by Gasteiger charge is 2.47. The average molecular weight is 324 g/mol. The lowest BCUT2D eigenvalue weighted by Gasteiger charge is -2.30. The topological polar surface area (TPSA) is 46.5 Å². The third-order valence-electron chi connectivity index (χ3n) is 4.69. The predicted molar refractivity (Wildman–Crippen MR) is 75.0 cm³/mol. The molecule has 1 aromatic rings. The van der Waals surface area contributed by atoms with E-state index in [4.69, 9.17) is 5.26 Å². The highest BCUT2D eigenvalue weighted by atomic mass is 19.4. The Hall–Kier alpha value is -1.84. The summed E-state index contributed by atoms with van der Waals surface area (Å²) < 4.78 is 38.2. The van der Waals surface area contributed by atoms with Crippen LogP contribution in [0.2, 0.25) is 0 Å². The Morgan fingerprint density at radius 2 is 2.09 bits per heavy atom. The van der Waals surface area contributed by atoms with Crippen molar-refractivity contribution in [3.8, 4) is 11.8 Å². The molecular weight excluding hydrogens is 309 g/mol. The van der Waals surface area contributed by atoms with Gasteiger partial charge in [-0.1, -0.05) is 24.0 Å². The molecule has 0 amide bonds. The van der Waals surface area contributed by atoms with E-state index in [-0.39, 0.29) is 29.1 Å². The molecule has 1 N–H and O–H groups in total. The Kier molecular flexibility index (Phi) is 4.17. The van der Waals surface area contributed by atoms with Crippen LogP contribution >= 0.6 is 0 Å². The summed E-state index contributed by atoms with van der Waals surface area (Å²) in [4.78, 5) is 15.6. The molecule has 4 atom stereocenters. The van der Waals surface area contributed by atoms with Crippen molar-refractivity contribution in [3.05, 3.63) is 35.4 Å². The van der Waals surface area contributed by atoms with Gasteiger partial charge < -0.3 is 0 Å². The molecular formula is C17H15F3O3. The van der Waals surface area contributed by atoms with Crippen LogP contribution in [-0.4, -0.2) is 11.0 Å². The fourth-order valence-corrected chi connectivity index (χ4v) is 3.39. The molecule has 0 aromatic heterocycles. The maximum absolute atomic E-state index is 12.7. The third kappa shape index (κ3) is 3.12. The summed E-state index contributed by atoms with van der Waals surface area (Å²) in [5.74, 6) is 6.33. The van der Waals surface area contributed by atoms with Gasteiger partial charge in [-0.05, 0) is 36.5 Å². The number of hydrogen-bond donors (Lipinski definition) is 1. The maximum Gasteiger partial charge on any atom is 0.416 e. The second-order valence-electron chi connectivity index (χ2n) is 6.02. The van der Waals surface area contributed by atoms with Gasteiger partial charge in [-0.15, -0.1) is 0 Å². The van der Waals surface area contributed by atoms with Crippen LogP contribution in [0, 0.1) is 29.6 Å². The van der Waals surface area contributed by atoms with Gasteiger partial charge in [0.25, 0.3) is 0 Å². The lowest BCUT2D eigenvalue weighted by Crippen LogP contribution is -2.35. The Bertz CT molecular complexity index is 672. The number of Topliss-reactive ketones (excluding diaryl/α,β-unsaturated/α-hetero) is 1. The zero-order chi connectivity index (χ0) is 16.6. The van der Waals surface area contributed by atoms with E-state index < -0.39 is 17.8 Å². The molecule has 2 aliphatic carbocycles. The number of benzene rings is 1. The summed E-state index contributed by atoms with van der Waals surface area (Å²) in [7, 11) is 0. The fourth-order valence-electron chi connectivity index (χ4n) is 3.39. The van der Waals surface area contributed by atoms with Crippen LogP contribution in [0.4, 0.5) is 13.2 Å². The smallest absolute Gasteiger partial charge is 0.299 e. The van der Waals surface area contributed by atoms with Crippen LogP contribution in [0.15, 0.2) is 24.3 Å². The van der Waals surface area contributed by atoms with Crippen LogP contribution in [-0.2, 0) is 15.9 Å². The molecule has 6 heteroatoms. The summed E-state index contributed by atoms with van der Waals surface area (Å²) >= 11 is 0. The molecule has 2 aliphatic rings. The number of fused-ring (bicyclic) bond motifs is 1. The molecule has 0 radical (unpaired) electrons. The Morgan fingerprint density at radius 3 is 2.70 bits per heavy atom. The summed E-state index contributed by atoms with van der Waals surface area (Å²) in [6, 6.07) is 4.55. The minimum absolute atomic E-state index is 0.0427. The van der Waals surface area contributed by atoms with Gasteiger partial charge >= 0.3 is 6.18 Å². The van der Waals surface area contributed by atoms with Gasteiger partial charge in [0.1, 0.15) is 5.78 Å². The Labute approximate surface area is 131 Å². The molecule has 23 heavy (non-hydrogen) atoms. The molecule has 0 spiro atoms. The fraction of sp³-hybridized carbons (Fsp3) is 0.471. The molecule has 4 unspecified atom stereocenters. The molecule has 1 aromatic carbocycles.